The predicted molar refractivity (Wildman–Crippen MR) is 114 cm³/mol. The first-order valence-electron chi connectivity index (χ1n) is 8.62. The summed E-state index contributed by atoms with van der Waals surface area (Å²) in [4.78, 5) is 4.40. The minimum absolute atomic E-state index is 0. The molecule has 1 aromatic heterocycles. The number of halogens is 2. The van der Waals surface area contributed by atoms with Crippen LogP contribution in [0.2, 0.25) is 5.02 Å². The fourth-order valence-electron chi connectivity index (χ4n) is 2.64. The SMILES string of the molecule is Cl.O=S(=O)(CCCOc1ccc(Cc2cccnc2)cc1)c1ccc(Cl)cc1. The number of rotatable bonds is 8. The Labute approximate surface area is 176 Å². The van der Waals surface area contributed by atoms with E-state index in [4.69, 9.17) is 16.3 Å². The summed E-state index contributed by atoms with van der Waals surface area (Å²) in [6.45, 7) is 0.342. The number of hydrogen-bond acceptors (Lipinski definition) is 4. The number of aromatic nitrogens is 1. The average Bonchev–Trinajstić information content (AvgIpc) is 2.68. The van der Waals surface area contributed by atoms with Crippen molar-refractivity contribution < 1.29 is 13.2 Å². The molecule has 0 N–H and O–H groups in total. The van der Waals surface area contributed by atoms with Gasteiger partial charge in [-0.25, -0.2) is 8.42 Å². The normalized spacial score (nSPS) is 10.9. The van der Waals surface area contributed by atoms with Crippen molar-refractivity contribution in [3.05, 3.63) is 89.2 Å². The molecule has 0 saturated heterocycles. The van der Waals surface area contributed by atoms with E-state index in [0.717, 1.165) is 17.7 Å². The van der Waals surface area contributed by atoms with Crippen molar-refractivity contribution >= 4 is 33.8 Å². The van der Waals surface area contributed by atoms with Crippen molar-refractivity contribution in [3.8, 4) is 5.75 Å². The Kier molecular flexibility index (Phi) is 8.30. The van der Waals surface area contributed by atoms with Gasteiger partial charge in [0.05, 0.1) is 17.3 Å². The summed E-state index contributed by atoms with van der Waals surface area (Å²) in [7, 11) is -3.32. The highest BCUT2D eigenvalue weighted by atomic mass is 35.5. The summed E-state index contributed by atoms with van der Waals surface area (Å²) >= 11 is 5.79. The molecule has 0 aliphatic rings. The third-order valence-electron chi connectivity index (χ3n) is 4.05. The maximum atomic E-state index is 12.3. The van der Waals surface area contributed by atoms with Gasteiger partial charge >= 0.3 is 0 Å². The van der Waals surface area contributed by atoms with E-state index >= 15 is 0 Å². The van der Waals surface area contributed by atoms with Gasteiger partial charge in [-0.2, -0.15) is 0 Å². The Balaban J connectivity index is 0.00000280. The van der Waals surface area contributed by atoms with Crippen LogP contribution in [0.4, 0.5) is 0 Å². The summed E-state index contributed by atoms with van der Waals surface area (Å²) in [6.07, 6.45) is 4.84. The van der Waals surface area contributed by atoms with Gasteiger partial charge in [-0.1, -0.05) is 29.8 Å². The molecule has 0 radical (unpaired) electrons. The minimum Gasteiger partial charge on any atom is -0.494 e. The number of hydrogen-bond donors (Lipinski definition) is 0. The molecular formula is C21H21Cl2NO3S. The first-order valence-corrected chi connectivity index (χ1v) is 10.6. The van der Waals surface area contributed by atoms with E-state index < -0.39 is 9.84 Å². The van der Waals surface area contributed by atoms with E-state index in [1.807, 2.05) is 42.6 Å². The van der Waals surface area contributed by atoms with Gasteiger partial charge < -0.3 is 4.74 Å². The van der Waals surface area contributed by atoms with Gasteiger partial charge in [-0.3, -0.25) is 4.98 Å². The van der Waals surface area contributed by atoms with E-state index in [0.29, 0.717) is 18.1 Å². The van der Waals surface area contributed by atoms with Crippen molar-refractivity contribution in [2.45, 2.75) is 17.7 Å². The summed E-state index contributed by atoms with van der Waals surface area (Å²) in [5, 5.41) is 0.518. The van der Waals surface area contributed by atoms with E-state index in [1.165, 1.54) is 17.7 Å². The van der Waals surface area contributed by atoms with Crippen molar-refractivity contribution in [3.63, 3.8) is 0 Å². The molecule has 3 rings (SSSR count). The zero-order valence-corrected chi connectivity index (χ0v) is 17.5. The lowest BCUT2D eigenvalue weighted by Crippen LogP contribution is -2.10. The largest absolute Gasteiger partial charge is 0.494 e. The standard InChI is InChI=1S/C21H20ClNO3S.ClH/c22-19-6-10-21(11-7-19)27(24,25)14-2-13-26-20-8-4-17(5-9-20)15-18-3-1-12-23-16-18;/h1,3-12,16H,2,13-15H2;1H. The van der Waals surface area contributed by atoms with Crippen LogP contribution in [0.15, 0.2) is 78.0 Å². The highest BCUT2D eigenvalue weighted by Crippen LogP contribution is 2.17. The first-order chi connectivity index (χ1) is 13.0. The van der Waals surface area contributed by atoms with E-state index in [-0.39, 0.29) is 23.1 Å². The Bertz CT molecular complexity index is 961. The summed E-state index contributed by atoms with van der Waals surface area (Å²) in [6, 6.07) is 18.0. The maximum Gasteiger partial charge on any atom is 0.178 e. The quantitative estimate of drug-likeness (QED) is 0.465. The highest BCUT2D eigenvalue weighted by Gasteiger charge is 2.13. The topological polar surface area (TPSA) is 56.3 Å². The lowest BCUT2D eigenvalue weighted by atomic mass is 10.1. The Hall–Kier alpha value is -2.08. The van der Waals surface area contributed by atoms with Crippen molar-refractivity contribution in [2.24, 2.45) is 0 Å². The van der Waals surface area contributed by atoms with Crippen molar-refractivity contribution in [1.29, 1.82) is 0 Å². The van der Waals surface area contributed by atoms with Gasteiger partial charge in [0.25, 0.3) is 0 Å². The molecule has 0 amide bonds. The summed E-state index contributed by atoms with van der Waals surface area (Å²) in [5.41, 5.74) is 2.32. The third-order valence-corrected chi connectivity index (χ3v) is 6.12. The van der Waals surface area contributed by atoms with E-state index in [9.17, 15) is 8.42 Å². The monoisotopic (exact) mass is 437 g/mol. The molecule has 0 aliphatic heterocycles. The molecule has 7 heteroatoms. The van der Waals surface area contributed by atoms with Crippen molar-refractivity contribution in [2.75, 3.05) is 12.4 Å². The fraction of sp³-hybridized carbons (Fsp3) is 0.190. The van der Waals surface area contributed by atoms with E-state index in [2.05, 4.69) is 4.98 Å². The number of benzene rings is 2. The maximum absolute atomic E-state index is 12.3. The van der Waals surface area contributed by atoms with E-state index in [1.54, 1.807) is 18.3 Å². The zero-order valence-electron chi connectivity index (χ0n) is 15.1. The van der Waals surface area contributed by atoms with Gasteiger partial charge in [-0.05, 0) is 66.4 Å². The lowest BCUT2D eigenvalue weighted by Gasteiger charge is -2.08. The molecule has 28 heavy (non-hydrogen) atoms. The molecule has 0 bridgehead atoms. The number of ether oxygens (including phenoxy) is 1. The van der Waals surface area contributed by atoms with Gasteiger partial charge in [0.2, 0.25) is 0 Å². The summed E-state index contributed by atoms with van der Waals surface area (Å²) in [5.74, 6) is 0.766. The molecule has 0 saturated carbocycles. The van der Waals surface area contributed by atoms with Crippen molar-refractivity contribution in [1.82, 2.24) is 4.98 Å². The lowest BCUT2D eigenvalue weighted by molar-refractivity contribution is 0.317. The van der Waals surface area contributed by atoms with Crippen LogP contribution in [0.3, 0.4) is 0 Å². The Morgan fingerprint density at radius 3 is 2.29 bits per heavy atom. The number of nitrogens with zero attached hydrogens (tertiary/aromatic N) is 1. The van der Waals surface area contributed by atoms with Gasteiger partial charge in [0, 0.05) is 17.4 Å². The average molecular weight is 438 g/mol. The van der Waals surface area contributed by atoms with Crippen LogP contribution >= 0.6 is 24.0 Å². The molecule has 0 unspecified atom stereocenters. The Morgan fingerprint density at radius 1 is 0.929 bits per heavy atom. The van der Waals surface area contributed by atoms with Crippen LogP contribution < -0.4 is 4.74 Å². The van der Waals surface area contributed by atoms with Crippen LogP contribution in [-0.4, -0.2) is 25.8 Å². The van der Waals surface area contributed by atoms with Gasteiger partial charge in [0.15, 0.2) is 9.84 Å². The van der Waals surface area contributed by atoms with Crippen LogP contribution in [0.5, 0.6) is 5.75 Å². The predicted octanol–water partition coefficient (Wildman–Crippen LogP) is 4.99. The second-order valence-corrected chi connectivity index (χ2v) is 8.70. The molecule has 148 valence electrons. The van der Waals surface area contributed by atoms with Crippen LogP contribution in [0.25, 0.3) is 0 Å². The minimum atomic E-state index is -3.32. The fourth-order valence-corrected chi connectivity index (χ4v) is 4.05. The van der Waals surface area contributed by atoms with Crippen LogP contribution in [-0.2, 0) is 16.3 Å². The molecule has 0 aliphatic carbocycles. The molecule has 0 atom stereocenters. The number of sulfone groups is 1. The molecular weight excluding hydrogens is 417 g/mol. The molecule has 2 aromatic carbocycles. The zero-order chi connectivity index (χ0) is 19.1. The van der Waals surface area contributed by atoms with Crippen LogP contribution in [0.1, 0.15) is 17.5 Å². The highest BCUT2D eigenvalue weighted by molar-refractivity contribution is 7.91. The smallest absolute Gasteiger partial charge is 0.178 e. The van der Waals surface area contributed by atoms with Crippen LogP contribution in [0, 0.1) is 0 Å². The molecule has 3 aromatic rings. The number of pyridine rings is 1. The Morgan fingerprint density at radius 2 is 1.64 bits per heavy atom. The van der Waals surface area contributed by atoms with Gasteiger partial charge in [-0.15, -0.1) is 12.4 Å². The second-order valence-electron chi connectivity index (χ2n) is 6.16. The first kappa shape index (κ1) is 22.2. The molecule has 0 spiro atoms. The third kappa shape index (κ3) is 6.51. The second kappa shape index (κ2) is 10.5. The molecule has 4 nitrogen and oxygen atoms in total. The molecule has 0 fully saturated rings. The molecule has 1 heterocycles. The summed E-state index contributed by atoms with van der Waals surface area (Å²) < 4.78 is 30.2. The van der Waals surface area contributed by atoms with Gasteiger partial charge in [0.1, 0.15) is 5.75 Å².